The summed E-state index contributed by atoms with van der Waals surface area (Å²) in [4.78, 5) is 25.4. The van der Waals surface area contributed by atoms with Crippen LogP contribution in [0, 0.1) is 6.92 Å². The van der Waals surface area contributed by atoms with Gasteiger partial charge in [-0.25, -0.2) is 4.79 Å². The first-order valence-electron chi connectivity index (χ1n) is 5.24. The second kappa shape index (κ2) is 5.12. The molecule has 1 aromatic heterocycles. The van der Waals surface area contributed by atoms with Gasteiger partial charge in [-0.15, -0.1) is 0 Å². The number of aryl methyl sites for hydroxylation is 1. The zero-order chi connectivity index (χ0) is 13.0. The number of nitrogens with zero attached hydrogens (tertiary/aromatic N) is 1. The Morgan fingerprint density at radius 3 is 2.83 bits per heavy atom. The van der Waals surface area contributed by atoms with Crippen molar-refractivity contribution < 1.29 is 14.0 Å². The lowest BCUT2D eigenvalue weighted by molar-refractivity contribution is 0.0996. The third-order valence-electron chi connectivity index (χ3n) is 2.38. The predicted molar refractivity (Wildman–Crippen MR) is 65.6 cm³/mol. The number of hydrogen-bond acceptors (Lipinski definition) is 4. The first-order valence-corrected chi connectivity index (χ1v) is 5.24. The second-order valence-corrected chi connectivity index (χ2v) is 3.63. The third kappa shape index (κ3) is 2.53. The summed E-state index contributed by atoms with van der Waals surface area (Å²) in [5.41, 5.74) is 1.94. The molecule has 0 saturated carbocycles. The number of carbonyl (C=O) groups excluding carboxylic acids is 2. The maximum atomic E-state index is 11.7. The van der Waals surface area contributed by atoms with Crippen LogP contribution in [0.15, 0.2) is 46.0 Å². The van der Waals surface area contributed by atoms with Crippen LogP contribution < -0.4 is 5.32 Å². The zero-order valence-corrected chi connectivity index (χ0v) is 9.64. The summed E-state index contributed by atoms with van der Waals surface area (Å²) in [6, 6.07) is 8.20. The Hall–Kier alpha value is -2.65. The Morgan fingerprint density at radius 1 is 1.39 bits per heavy atom. The van der Waals surface area contributed by atoms with Crippen molar-refractivity contribution in [2.24, 2.45) is 4.99 Å². The van der Waals surface area contributed by atoms with Gasteiger partial charge in [-0.2, -0.15) is 4.99 Å². The van der Waals surface area contributed by atoms with Gasteiger partial charge in [-0.3, -0.25) is 4.79 Å². The van der Waals surface area contributed by atoms with Crippen molar-refractivity contribution in [2.75, 3.05) is 5.32 Å². The average molecular weight is 242 g/mol. The normalized spacial score (nSPS) is 9.61. The minimum absolute atomic E-state index is 0.240. The molecule has 5 heteroatoms. The molecule has 0 radical (unpaired) electrons. The number of nitrogens with one attached hydrogen (secondary N) is 1. The molecule has 0 saturated heterocycles. The minimum Gasteiger partial charge on any atom is -0.459 e. The summed E-state index contributed by atoms with van der Waals surface area (Å²) in [5.74, 6) is -0.0841. The van der Waals surface area contributed by atoms with Crippen LogP contribution in [0.4, 0.5) is 11.4 Å². The van der Waals surface area contributed by atoms with Crippen molar-refractivity contribution in [3.05, 3.63) is 47.9 Å². The molecule has 0 atom stereocenters. The second-order valence-electron chi connectivity index (χ2n) is 3.63. The van der Waals surface area contributed by atoms with Gasteiger partial charge in [-0.05, 0) is 42.8 Å². The van der Waals surface area contributed by atoms with Crippen molar-refractivity contribution in [2.45, 2.75) is 6.92 Å². The van der Waals surface area contributed by atoms with Crippen molar-refractivity contribution >= 4 is 23.4 Å². The van der Waals surface area contributed by atoms with E-state index in [0.717, 1.165) is 5.56 Å². The fourth-order valence-corrected chi connectivity index (χ4v) is 1.50. The highest BCUT2D eigenvalue weighted by Crippen LogP contribution is 2.21. The van der Waals surface area contributed by atoms with Crippen LogP contribution in [-0.2, 0) is 4.79 Å². The number of furan rings is 1. The van der Waals surface area contributed by atoms with Crippen molar-refractivity contribution in [3.8, 4) is 0 Å². The molecule has 0 aliphatic rings. The molecule has 5 nitrogen and oxygen atoms in total. The maximum Gasteiger partial charge on any atom is 0.291 e. The first-order chi connectivity index (χ1) is 8.70. The quantitative estimate of drug-likeness (QED) is 0.664. The highest BCUT2D eigenvalue weighted by atomic mass is 16.3. The van der Waals surface area contributed by atoms with E-state index >= 15 is 0 Å². The zero-order valence-electron chi connectivity index (χ0n) is 9.64. The first kappa shape index (κ1) is 11.8. The number of anilines is 1. The van der Waals surface area contributed by atoms with Gasteiger partial charge >= 0.3 is 0 Å². The van der Waals surface area contributed by atoms with E-state index in [9.17, 15) is 9.59 Å². The van der Waals surface area contributed by atoms with Gasteiger partial charge in [0.15, 0.2) is 5.76 Å². The smallest absolute Gasteiger partial charge is 0.291 e. The molecular weight excluding hydrogens is 232 g/mol. The van der Waals surface area contributed by atoms with E-state index in [1.54, 1.807) is 30.3 Å². The molecule has 90 valence electrons. The van der Waals surface area contributed by atoms with Crippen molar-refractivity contribution in [3.63, 3.8) is 0 Å². The number of hydrogen-bond donors (Lipinski definition) is 1. The van der Waals surface area contributed by atoms with Crippen LogP contribution in [-0.4, -0.2) is 12.0 Å². The van der Waals surface area contributed by atoms with E-state index in [1.807, 2.05) is 6.92 Å². The predicted octanol–water partition coefficient (Wildman–Crippen LogP) is 2.81. The molecule has 0 aliphatic heterocycles. The number of benzene rings is 1. The van der Waals surface area contributed by atoms with Crippen LogP contribution in [0.5, 0.6) is 0 Å². The van der Waals surface area contributed by atoms with Gasteiger partial charge in [-0.1, -0.05) is 0 Å². The van der Waals surface area contributed by atoms with E-state index in [2.05, 4.69) is 10.3 Å². The third-order valence-corrected chi connectivity index (χ3v) is 2.38. The van der Waals surface area contributed by atoms with Gasteiger partial charge in [0, 0.05) is 5.69 Å². The Balaban J connectivity index is 2.20. The van der Waals surface area contributed by atoms with Gasteiger partial charge in [0.1, 0.15) is 0 Å². The molecule has 1 aromatic carbocycles. The maximum absolute atomic E-state index is 11.7. The molecule has 0 bridgehead atoms. The van der Waals surface area contributed by atoms with Gasteiger partial charge in [0.05, 0.1) is 12.0 Å². The summed E-state index contributed by atoms with van der Waals surface area (Å²) >= 11 is 0. The Labute approximate surface area is 103 Å². The number of amides is 1. The summed E-state index contributed by atoms with van der Waals surface area (Å²) in [6.07, 6.45) is 2.90. The van der Waals surface area contributed by atoms with Crippen LogP contribution in [0.1, 0.15) is 16.1 Å². The van der Waals surface area contributed by atoms with Crippen molar-refractivity contribution in [1.29, 1.82) is 0 Å². The number of rotatable bonds is 3. The molecule has 1 heterocycles. The van der Waals surface area contributed by atoms with E-state index in [1.165, 1.54) is 12.3 Å². The van der Waals surface area contributed by atoms with Crippen LogP contribution in [0.3, 0.4) is 0 Å². The largest absolute Gasteiger partial charge is 0.459 e. The topological polar surface area (TPSA) is 71.7 Å². The molecule has 0 unspecified atom stereocenters. The van der Waals surface area contributed by atoms with Crippen LogP contribution in [0.25, 0.3) is 0 Å². The fraction of sp³-hybridized carbons (Fsp3) is 0.0769. The molecular formula is C13H10N2O3. The summed E-state index contributed by atoms with van der Waals surface area (Å²) < 4.78 is 4.99. The molecule has 0 spiro atoms. The lowest BCUT2D eigenvalue weighted by Gasteiger charge is -2.07. The fourth-order valence-electron chi connectivity index (χ4n) is 1.50. The standard InChI is InChI=1S/C13H10N2O3/c1-9-7-10(14-8-16)4-5-11(9)15-13(17)12-3-2-6-18-12/h2-7H,1H3,(H,15,17). The molecule has 18 heavy (non-hydrogen) atoms. The van der Waals surface area contributed by atoms with Crippen LogP contribution in [0.2, 0.25) is 0 Å². The lowest BCUT2D eigenvalue weighted by atomic mass is 10.2. The molecule has 1 amide bonds. The van der Waals surface area contributed by atoms with Gasteiger partial charge in [0.25, 0.3) is 5.91 Å². The van der Waals surface area contributed by atoms with Crippen molar-refractivity contribution in [1.82, 2.24) is 0 Å². The summed E-state index contributed by atoms with van der Waals surface area (Å²) in [5, 5.41) is 2.71. The number of carbonyl (C=O) groups is 1. The molecule has 1 N–H and O–H groups in total. The SMILES string of the molecule is Cc1cc(N=C=O)ccc1NC(=O)c1ccco1. The summed E-state index contributed by atoms with van der Waals surface area (Å²) in [6.45, 7) is 1.81. The van der Waals surface area contributed by atoms with Gasteiger partial charge in [0.2, 0.25) is 6.08 Å². The average Bonchev–Trinajstić information content (AvgIpc) is 2.86. The molecule has 0 fully saturated rings. The van der Waals surface area contributed by atoms with Crippen LogP contribution >= 0.6 is 0 Å². The van der Waals surface area contributed by atoms with E-state index in [4.69, 9.17) is 4.42 Å². The number of isocyanates is 1. The highest BCUT2D eigenvalue weighted by molar-refractivity contribution is 6.02. The Kier molecular flexibility index (Phi) is 3.36. The highest BCUT2D eigenvalue weighted by Gasteiger charge is 2.10. The Morgan fingerprint density at radius 2 is 2.22 bits per heavy atom. The molecule has 2 aromatic rings. The van der Waals surface area contributed by atoms with E-state index in [0.29, 0.717) is 11.4 Å². The number of aliphatic imine (C=N–C) groups is 1. The van der Waals surface area contributed by atoms with E-state index in [-0.39, 0.29) is 11.7 Å². The lowest BCUT2D eigenvalue weighted by Crippen LogP contribution is -2.11. The summed E-state index contributed by atoms with van der Waals surface area (Å²) in [7, 11) is 0. The molecule has 2 rings (SSSR count). The Bertz CT molecular complexity index is 611. The van der Waals surface area contributed by atoms with E-state index < -0.39 is 0 Å². The minimum atomic E-state index is -0.324. The molecule has 0 aliphatic carbocycles. The van der Waals surface area contributed by atoms with Gasteiger partial charge < -0.3 is 9.73 Å². The monoisotopic (exact) mass is 242 g/mol.